The van der Waals surface area contributed by atoms with Crippen LogP contribution in [0.5, 0.6) is 0 Å². The van der Waals surface area contributed by atoms with Crippen LogP contribution in [0, 0.1) is 0 Å². The molecule has 0 N–H and O–H groups in total. The zero-order valence-corrected chi connectivity index (χ0v) is 7.18. The van der Waals surface area contributed by atoms with Crippen LogP contribution in [0.25, 0.3) is 0 Å². The summed E-state index contributed by atoms with van der Waals surface area (Å²) >= 11 is 4.33. The number of hydrogen-bond acceptors (Lipinski definition) is 2. The Bertz CT molecular complexity index is 46.1. The Labute approximate surface area is 57.2 Å². The maximum atomic E-state index is 9.71. The molecule has 36 valence electrons. The number of carbonyl (C=O) groups is 1. The van der Waals surface area contributed by atoms with E-state index in [0.29, 0.717) is 0 Å². The van der Waals surface area contributed by atoms with Crippen molar-refractivity contribution in [3.63, 3.8) is 0 Å². The van der Waals surface area contributed by atoms with Crippen LogP contribution in [-0.4, -0.2) is 11.5 Å². The second-order valence-corrected chi connectivity index (χ2v) is 1.14. The Morgan fingerprint density at radius 1 is 1.83 bits per heavy atom. The summed E-state index contributed by atoms with van der Waals surface area (Å²) in [5.41, 5.74) is 0. The van der Waals surface area contributed by atoms with E-state index >= 15 is 0 Å². The van der Waals surface area contributed by atoms with Gasteiger partial charge in [-0.05, 0) is 6.92 Å². The van der Waals surface area contributed by atoms with Crippen molar-refractivity contribution in [1.29, 1.82) is 0 Å². The number of carbonyl (C=O) groups excluding carboxylic acids is 1. The molecule has 0 aromatic heterocycles. The van der Waals surface area contributed by atoms with Crippen LogP contribution < -0.4 is 0 Å². The van der Waals surface area contributed by atoms with Crippen LogP contribution in [0.4, 0.5) is 0 Å². The molecule has 0 rings (SSSR count). The van der Waals surface area contributed by atoms with Gasteiger partial charge in [0.2, 0.25) is 0 Å². The monoisotopic (exact) mass is 273 g/mol. The van der Waals surface area contributed by atoms with Crippen molar-refractivity contribution in [3.8, 4) is 0 Å². The van der Waals surface area contributed by atoms with Crippen LogP contribution >= 0.6 is 0 Å². The maximum absolute atomic E-state index is 9.71. The van der Waals surface area contributed by atoms with E-state index in [1.165, 1.54) is 6.92 Å². The molecule has 0 bridgehead atoms. The largest absolute Gasteiger partial charge is 0.785 e. The minimum atomic E-state index is 0. The Morgan fingerprint density at radius 3 is 2.00 bits per heavy atom. The van der Waals surface area contributed by atoms with Crippen molar-refractivity contribution in [1.82, 2.24) is 0 Å². The Balaban J connectivity index is 0. The molecule has 3 heteroatoms. The number of rotatable bonds is 1. The van der Waals surface area contributed by atoms with Crippen LogP contribution in [-0.2, 0) is 38.5 Å². The van der Waals surface area contributed by atoms with Gasteiger partial charge in [-0.3, -0.25) is 0 Å². The minimum absolute atomic E-state index is 0. The van der Waals surface area contributed by atoms with Gasteiger partial charge in [0.25, 0.3) is 0 Å². The summed E-state index contributed by atoms with van der Waals surface area (Å²) in [5.74, 6) is 0.319. The van der Waals surface area contributed by atoms with Gasteiger partial charge in [-0.1, -0.05) is 0 Å². The summed E-state index contributed by atoms with van der Waals surface area (Å²) in [7, 11) is 0. The fourth-order valence-corrected chi connectivity index (χ4v) is 0. The SMILES string of the molecule is CC(=O)C[S-].[W]. The van der Waals surface area contributed by atoms with E-state index in [1.54, 1.807) is 0 Å². The van der Waals surface area contributed by atoms with Crippen molar-refractivity contribution < 1.29 is 25.9 Å². The molecule has 0 saturated carbocycles. The molecule has 0 unspecified atom stereocenters. The fourth-order valence-electron chi connectivity index (χ4n) is 0. The van der Waals surface area contributed by atoms with Crippen molar-refractivity contribution in [2.45, 2.75) is 6.92 Å². The quantitative estimate of drug-likeness (QED) is 0.631. The molecule has 0 atom stereocenters. The molecule has 0 radical (unpaired) electrons. The van der Waals surface area contributed by atoms with Crippen LogP contribution in [0.15, 0.2) is 0 Å². The van der Waals surface area contributed by atoms with Gasteiger partial charge in [0.15, 0.2) is 0 Å². The van der Waals surface area contributed by atoms with E-state index in [2.05, 4.69) is 12.6 Å². The molecule has 0 heterocycles. The van der Waals surface area contributed by atoms with E-state index < -0.39 is 0 Å². The third-order valence-corrected chi connectivity index (χ3v) is 0.610. The predicted molar refractivity (Wildman–Crippen MR) is 22.9 cm³/mol. The fraction of sp³-hybridized carbons (Fsp3) is 0.667. The van der Waals surface area contributed by atoms with Crippen molar-refractivity contribution in [3.05, 3.63) is 0 Å². The van der Waals surface area contributed by atoms with E-state index in [0.717, 1.165) is 0 Å². The summed E-state index contributed by atoms with van der Waals surface area (Å²) in [6.07, 6.45) is 0. The first kappa shape index (κ1) is 9.86. The van der Waals surface area contributed by atoms with Crippen LogP contribution in [0.3, 0.4) is 0 Å². The summed E-state index contributed by atoms with van der Waals surface area (Å²) < 4.78 is 0. The van der Waals surface area contributed by atoms with Gasteiger partial charge in [-0.25, -0.2) is 0 Å². The smallest absolute Gasteiger partial charge is 0.106 e. The Morgan fingerprint density at radius 2 is 2.00 bits per heavy atom. The predicted octanol–water partition coefficient (Wildman–Crippen LogP) is 0.120. The molecule has 0 amide bonds. The standard InChI is InChI=1S/C3H6OS.W/c1-3(4)2-5;/h5H,2H2,1H3;/p-1. The average molecular weight is 273 g/mol. The first-order valence-electron chi connectivity index (χ1n) is 1.35. The summed E-state index contributed by atoms with van der Waals surface area (Å²) in [4.78, 5) is 9.71. The zero-order chi connectivity index (χ0) is 4.28. The molecular weight excluding hydrogens is 268 g/mol. The summed E-state index contributed by atoms with van der Waals surface area (Å²) in [5, 5.41) is 0. The normalized spacial score (nSPS) is 6.33. The summed E-state index contributed by atoms with van der Waals surface area (Å²) in [6.45, 7) is 1.48. The van der Waals surface area contributed by atoms with Crippen molar-refractivity contribution >= 4 is 18.4 Å². The second kappa shape index (κ2) is 5.71. The molecule has 0 aromatic rings. The van der Waals surface area contributed by atoms with Gasteiger partial charge in [0.1, 0.15) is 5.78 Å². The van der Waals surface area contributed by atoms with Gasteiger partial charge in [-0.15, -0.1) is 5.75 Å². The number of ketones is 1. The topological polar surface area (TPSA) is 17.1 Å². The van der Waals surface area contributed by atoms with E-state index in [1.807, 2.05) is 0 Å². The van der Waals surface area contributed by atoms with Gasteiger partial charge >= 0.3 is 0 Å². The number of hydrogen-bond donors (Lipinski definition) is 0. The second-order valence-electron chi connectivity index (χ2n) is 0.846. The van der Waals surface area contributed by atoms with Gasteiger partial charge < -0.3 is 17.4 Å². The average Bonchev–Trinajstić information content (AvgIpc) is 1.38. The zero-order valence-electron chi connectivity index (χ0n) is 3.43. The summed E-state index contributed by atoms with van der Waals surface area (Å²) in [6, 6.07) is 0. The molecule has 0 aliphatic heterocycles. The maximum Gasteiger partial charge on any atom is 0.106 e. The first-order chi connectivity index (χ1) is 2.27. The third-order valence-electron chi connectivity index (χ3n) is 0.203. The third kappa shape index (κ3) is 8.83. The van der Waals surface area contributed by atoms with Crippen LogP contribution in [0.2, 0.25) is 0 Å². The van der Waals surface area contributed by atoms with Crippen LogP contribution in [0.1, 0.15) is 6.92 Å². The molecular formula is C3H5OSW-. The van der Waals surface area contributed by atoms with Gasteiger partial charge in [0, 0.05) is 21.1 Å². The molecule has 6 heavy (non-hydrogen) atoms. The van der Waals surface area contributed by atoms with E-state index in [-0.39, 0.29) is 32.6 Å². The number of Topliss-reactive ketones (excluding diaryl/α,β-unsaturated/α-hetero) is 1. The Kier molecular flexibility index (Phi) is 9.38. The Hall–Kier alpha value is 0.708. The molecule has 0 aromatic carbocycles. The molecule has 0 saturated heterocycles. The molecule has 0 aliphatic carbocycles. The van der Waals surface area contributed by atoms with Gasteiger partial charge in [-0.2, -0.15) is 0 Å². The molecule has 0 aliphatic rings. The van der Waals surface area contributed by atoms with Crippen molar-refractivity contribution in [2.24, 2.45) is 0 Å². The molecule has 1 nitrogen and oxygen atoms in total. The van der Waals surface area contributed by atoms with Crippen molar-refractivity contribution in [2.75, 3.05) is 5.75 Å². The van der Waals surface area contributed by atoms with Gasteiger partial charge in [0.05, 0.1) is 0 Å². The first-order valence-corrected chi connectivity index (χ1v) is 1.92. The molecule has 0 fully saturated rings. The molecule has 0 spiro atoms. The van der Waals surface area contributed by atoms with E-state index in [4.69, 9.17) is 0 Å². The minimum Gasteiger partial charge on any atom is -0.785 e. The van der Waals surface area contributed by atoms with E-state index in [9.17, 15) is 4.79 Å².